The number of rotatable bonds is 2. The van der Waals surface area contributed by atoms with Crippen molar-refractivity contribution in [3.63, 3.8) is 0 Å². The maximum atomic E-state index is 11.7. The SMILES string of the molecule is CC(=O)N(c1nc(N)no1)c1c(Cl)cccc1Cl. The van der Waals surface area contributed by atoms with Crippen molar-refractivity contribution in [2.45, 2.75) is 6.92 Å². The van der Waals surface area contributed by atoms with Gasteiger partial charge in [-0.2, -0.15) is 4.98 Å². The monoisotopic (exact) mass is 286 g/mol. The number of benzene rings is 1. The molecule has 0 aliphatic rings. The number of anilines is 3. The van der Waals surface area contributed by atoms with E-state index in [2.05, 4.69) is 10.1 Å². The van der Waals surface area contributed by atoms with E-state index in [-0.39, 0.29) is 33.6 Å². The molecular formula is C10H8Cl2N4O2. The molecule has 0 spiro atoms. The van der Waals surface area contributed by atoms with Crippen molar-refractivity contribution >= 4 is 46.8 Å². The second kappa shape index (κ2) is 4.83. The van der Waals surface area contributed by atoms with Crippen LogP contribution < -0.4 is 10.6 Å². The summed E-state index contributed by atoms with van der Waals surface area (Å²) < 4.78 is 4.85. The Morgan fingerprint density at radius 3 is 2.44 bits per heavy atom. The van der Waals surface area contributed by atoms with Crippen LogP contribution in [-0.4, -0.2) is 16.0 Å². The lowest BCUT2D eigenvalue weighted by molar-refractivity contribution is -0.116. The summed E-state index contributed by atoms with van der Waals surface area (Å²) in [6, 6.07) is 4.76. The Labute approximate surface area is 112 Å². The fourth-order valence-electron chi connectivity index (χ4n) is 1.41. The summed E-state index contributed by atoms with van der Waals surface area (Å²) in [5.41, 5.74) is 5.63. The van der Waals surface area contributed by atoms with Gasteiger partial charge in [0.05, 0.1) is 15.7 Å². The lowest BCUT2D eigenvalue weighted by atomic mass is 10.3. The Hall–Kier alpha value is -1.79. The second-order valence-corrected chi connectivity index (χ2v) is 4.17. The van der Waals surface area contributed by atoms with E-state index in [0.717, 1.165) is 4.90 Å². The fraction of sp³-hybridized carbons (Fsp3) is 0.100. The molecule has 1 aromatic carbocycles. The van der Waals surface area contributed by atoms with Gasteiger partial charge in [0.15, 0.2) is 0 Å². The van der Waals surface area contributed by atoms with Crippen molar-refractivity contribution in [3.8, 4) is 0 Å². The summed E-state index contributed by atoms with van der Waals surface area (Å²) in [6.07, 6.45) is 0. The number of halogens is 2. The van der Waals surface area contributed by atoms with Crippen LogP contribution in [0.3, 0.4) is 0 Å². The first kappa shape index (κ1) is 12.7. The molecule has 0 saturated carbocycles. The predicted octanol–water partition coefficient (Wildman–Crippen LogP) is 2.64. The van der Waals surface area contributed by atoms with Crippen LogP contribution in [0.1, 0.15) is 6.92 Å². The summed E-state index contributed by atoms with van der Waals surface area (Å²) >= 11 is 12.1. The Bertz CT molecular complexity index is 579. The van der Waals surface area contributed by atoms with Gasteiger partial charge in [-0.15, -0.1) is 0 Å². The van der Waals surface area contributed by atoms with Crippen LogP contribution in [0.2, 0.25) is 10.0 Å². The first-order valence-corrected chi connectivity index (χ1v) is 5.60. The van der Waals surface area contributed by atoms with E-state index in [1.165, 1.54) is 6.92 Å². The van der Waals surface area contributed by atoms with E-state index in [0.29, 0.717) is 0 Å². The van der Waals surface area contributed by atoms with E-state index in [9.17, 15) is 4.79 Å². The fourth-order valence-corrected chi connectivity index (χ4v) is 1.97. The molecule has 0 aliphatic heterocycles. The highest BCUT2D eigenvalue weighted by molar-refractivity contribution is 6.40. The third-order valence-corrected chi connectivity index (χ3v) is 2.71. The van der Waals surface area contributed by atoms with Gasteiger partial charge in [-0.1, -0.05) is 29.3 Å². The molecule has 8 heteroatoms. The Morgan fingerprint density at radius 2 is 2.00 bits per heavy atom. The van der Waals surface area contributed by atoms with Gasteiger partial charge in [0.25, 0.3) is 5.95 Å². The van der Waals surface area contributed by atoms with Gasteiger partial charge in [0.2, 0.25) is 5.91 Å². The van der Waals surface area contributed by atoms with Crippen molar-refractivity contribution in [1.82, 2.24) is 10.1 Å². The highest BCUT2D eigenvalue weighted by Gasteiger charge is 2.24. The standard InChI is InChI=1S/C10H8Cl2N4O2/c1-5(17)16(10-14-9(13)15-18-10)8-6(11)3-2-4-7(8)12/h2-4H,1H3,(H2,13,15). The van der Waals surface area contributed by atoms with Gasteiger partial charge in [0, 0.05) is 6.92 Å². The number of carbonyl (C=O) groups excluding carboxylic acids is 1. The van der Waals surface area contributed by atoms with Gasteiger partial charge < -0.3 is 10.3 Å². The average Bonchev–Trinajstić information content (AvgIpc) is 2.69. The Balaban J connectivity index is 2.59. The van der Waals surface area contributed by atoms with Crippen LogP contribution in [0.4, 0.5) is 17.7 Å². The van der Waals surface area contributed by atoms with Crippen molar-refractivity contribution < 1.29 is 9.32 Å². The van der Waals surface area contributed by atoms with E-state index in [1.807, 2.05) is 0 Å². The van der Waals surface area contributed by atoms with Gasteiger partial charge in [-0.25, -0.2) is 4.90 Å². The lowest BCUT2D eigenvalue weighted by Gasteiger charge is -2.18. The van der Waals surface area contributed by atoms with Crippen molar-refractivity contribution in [1.29, 1.82) is 0 Å². The summed E-state index contributed by atoms with van der Waals surface area (Å²) in [5, 5.41) is 3.99. The molecule has 1 aromatic heterocycles. The largest absolute Gasteiger partial charge is 0.365 e. The quantitative estimate of drug-likeness (QED) is 0.917. The number of amides is 1. The predicted molar refractivity (Wildman–Crippen MR) is 68.0 cm³/mol. The zero-order valence-corrected chi connectivity index (χ0v) is 10.7. The van der Waals surface area contributed by atoms with Crippen LogP contribution in [0.25, 0.3) is 0 Å². The summed E-state index contributed by atoms with van der Waals surface area (Å²) in [5.74, 6) is -0.465. The van der Waals surface area contributed by atoms with Crippen LogP contribution in [0.15, 0.2) is 22.7 Å². The molecule has 0 bridgehead atoms. The molecule has 2 N–H and O–H groups in total. The first-order chi connectivity index (χ1) is 8.50. The molecule has 18 heavy (non-hydrogen) atoms. The Morgan fingerprint density at radius 1 is 1.39 bits per heavy atom. The molecule has 2 aromatic rings. The minimum absolute atomic E-state index is 0.0839. The van der Waals surface area contributed by atoms with Gasteiger partial charge >= 0.3 is 6.01 Å². The van der Waals surface area contributed by atoms with Crippen molar-refractivity contribution in [3.05, 3.63) is 28.2 Å². The van der Waals surface area contributed by atoms with E-state index < -0.39 is 0 Å². The van der Waals surface area contributed by atoms with E-state index >= 15 is 0 Å². The van der Waals surface area contributed by atoms with Crippen LogP contribution in [0.5, 0.6) is 0 Å². The van der Waals surface area contributed by atoms with Crippen LogP contribution in [0, 0.1) is 0 Å². The average molecular weight is 287 g/mol. The summed E-state index contributed by atoms with van der Waals surface area (Å²) in [6.45, 7) is 1.32. The number of nitrogen functional groups attached to an aromatic ring is 1. The van der Waals surface area contributed by atoms with Gasteiger partial charge in [0.1, 0.15) is 0 Å². The maximum absolute atomic E-state index is 11.7. The molecular weight excluding hydrogens is 279 g/mol. The number of nitrogens with two attached hydrogens (primary N) is 1. The zero-order chi connectivity index (χ0) is 13.3. The second-order valence-electron chi connectivity index (χ2n) is 3.36. The molecule has 0 fully saturated rings. The smallest absolute Gasteiger partial charge is 0.337 e. The molecule has 0 aliphatic carbocycles. The number of aromatic nitrogens is 2. The highest BCUT2D eigenvalue weighted by Crippen LogP contribution is 2.37. The van der Waals surface area contributed by atoms with Crippen molar-refractivity contribution in [2.75, 3.05) is 10.6 Å². The number of para-hydroxylation sites is 1. The zero-order valence-electron chi connectivity index (χ0n) is 9.22. The van der Waals surface area contributed by atoms with Crippen LogP contribution in [-0.2, 0) is 4.79 Å². The normalized spacial score (nSPS) is 10.4. The molecule has 0 unspecified atom stereocenters. The highest BCUT2D eigenvalue weighted by atomic mass is 35.5. The lowest BCUT2D eigenvalue weighted by Crippen LogP contribution is -2.23. The van der Waals surface area contributed by atoms with E-state index in [1.54, 1.807) is 18.2 Å². The molecule has 0 atom stereocenters. The topological polar surface area (TPSA) is 85.2 Å². The molecule has 6 nitrogen and oxygen atoms in total. The number of nitrogens with zero attached hydrogens (tertiary/aromatic N) is 3. The molecule has 2 rings (SSSR count). The molecule has 94 valence electrons. The molecule has 0 saturated heterocycles. The third-order valence-electron chi connectivity index (χ3n) is 2.10. The minimum Gasteiger partial charge on any atom is -0.365 e. The minimum atomic E-state index is -0.381. The molecule has 1 amide bonds. The van der Waals surface area contributed by atoms with Gasteiger partial charge in [-0.3, -0.25) is 4.79 Å². The number of carbonyl (C=O) groups is 1. The van der Waals surface area contributed by atoms with Gasteiger partial charge in [-0.05, 0) is 17.3 Å². The molecule has 0 radical (unpaired) electrons. The first-order valence-electron chi connectivity index (χ1n) is 4.84. The van der Waals surface area contributed by atoms with Crippen LogP contribution >= 0.6 is 23.2 Å². The van der Waals surface area contributed by atoms with E-state index in [4.69, 9.17) is 33.5 Å². The molecule has 1 heterocycles. The maximum Gasteiger partial charge on any atom is 0.337 e. The van der Waals surface area contributed by atoms with Crippen molar-refractivity contribution in [2.24, 2.45) is 0 Å². The number of hydrogen-bond donors (Lipinski definition) is 1. The summed E-state index contributed by atoms with van der Waals surface area (Å²) in [4.78, 5) is 16.6. The summed E-state index contributed by atoms with van der Waals surface area (Å²) in [7, 11) is 0. The third kappa shape index (κ3) is 2.25. The Kier molecular flexibility index (Phi) is 3.40. The number of hydrogen-bond acceptors (Lipinski definition) is 5.